The zero-order valence-corrected chi connectivity index (χ0v) is 37.9. The van der Waals surface area contributed by atoms with Crippen molar-refractivity contribution in [1.29, 1.82) is 0 Å². The lowest BCUT2D eigenvalue weighted by Crippen LogP contribution is -2.10. The van der Waals surface area contributed by atoms with Crippen LogP contribution in [0.15, 0.2) is 255 Å². The third-order valence-corrected chi connectivity index (χ3v) is 14.5. The van der Waals surface area contributed by atoms with Gasteiger partial charge in [0.2, 0.25) is 0 Å². The smallest absolute Gasteiger partial charge is 0.0645 e. The maximum atomic E-state index is 9.28. The molecule has 0 aliphatic rings. The Morgan fingerprint density at radius 2 is 0.614 bits per heavy atom. The third-order valence-electron chi connectivity index (χ3n) is 14.5. The average molecular weight is 893 g/mol. The number of fused-ring (bicyclic) bond motifs is 12. The normalized spacial score (nSPS) is 12.4. The molecule has 0 N–H and O–H groups in total. The van der Waals surface area contributed by atoms with Crippen LogP contribution in [0.25, 0.3) is 98.4 Å². The first-order valence-electron chi connectivity index (χ1n) is 25.0. The summed E-state index contributed by atoms with van der Waals surface area (Å²) >= 11 is 0. The first-order chi connectivity index (χ1) is 35.7. The van der Waals surface area contributed by atoms with E-state index in [0.29, 0.717) is 12.1 Å². The van der Waals surface area contributed by atoms with Gasteiger partial charge in [0, 0.05) is 77.0 Å². The largest absolute Gasteiger partial charge is 0.310 e. The third kappa shape index (κ3) is 5.36. The number of aromatic nitrogens is 2. The van der Waals surface area contributed by atoms with Crippen molar-refractivity contribution in [3.63, 3.8) is 0 Å². The van der Waals surface area contributed by atoms with Crippen LogP contribution in [-0.2, 0) is 0 Å². The molecule has 0 saturated carbocycles. The second-order valence-corrected chi connectivity index (χ2v) is 18.2. The molecule has 0 fully saturated rings. The summed E-state index contributed by atoms with van der Waals surface area (Å²) in [5.74, 6) is 0. The molecular weight excluding hydrogens is 849 g/mol. The van der Waals surface area contributed by atoms with E-state index in [0.717, 1.165) is 111 Å². The van der Waals surface area contributed by atoms with Gasteiger partial charge >= 0.3 is 0 Å². The van der Waals surface area contributed by atoms with E-state index in [9.17, 15) is 2.74 Å². The van der Waals surface area contributed by atoms with Gasteiger partial charge in [-0.2, -0.15) is 0 Å². The first kappa shape index (κ1) is 36.7. The fourth-order valence-electron chi connectivity index (χ4n) is 11.9. The molecule has 4 heterocycles. The molecule has 326 valence electrons. The molecular formula is C66H42N4. The van der Waals surface area contributed by atoms with Crippen molar-refractivity contribution in [3.05, 3.63) is 255 Å². The summed E-state index contributed by atoms with van der Waals surface area (Å²) in [5, 5.41) is 9.29. The summed E-state index contributed by atoms with van der Waals surface area (Å²) in [6, 6.07) is 86.7. The second kappa shape index (κ2) is 15.1. The number of anilines is 6. The van der Waals surface area contributed by atoms with Gasteiger partial charge in [0.25, 0.3) is 0 Å². The molecule has 0 spiro atoms. The predicted octanol–water partition coefficient (Wildman–Crippen LogP) is 18.3. The molecule has 0 radical (unpaired) electrons. The van der Waals surface area contributed by atoms with E-state index in [4.69, 9.17) is 0 Å². The van der Waals surface area contributed by atoms with Crippen LogP contribution in [0.4, 0.5) is 34.1 Å². The molecule has 0 aliphatic heterocycles. The van der Waals surface area contributed by atoms with E-state index < -0.39 is 0 Å². The molecule has 15 rings (SSSR count). The lowest BCUT2D eigenvalue weighted by molar-refractivity contribution is 1.30. The lowest BCUT2D eigenvalue weighted by Gasteiger charge is -2.26. The number of hydrogen-bond acceptors (Lipinski definition) is 2. The minimum absolute atomic E-state index is 0.456. The highest BCUT2D eigenvalue weighted by Crippen LogP contribution is 2.57. The molecule has 4 nitrogen and oxygen atoms in total. The lowest BCUT2D eigenvalue weighted by atomic mass is 9.89. The number of hydrogen-bond donors (Lipinski definition) is 0. The highest BCUT2D eigenvalue weighted by Gasteiger charge is 2.33. The Labute approximate surface area is 406 Å². The van der Waals surface area contributed by atoms with Crippen LogP contribution in [0.5, 0.6) is 0 Å². The quantitative estimate of drug-likeness (QED) is 0.151. The summed E-state index contributed by atoms with van der Waals surface area (Å²) in [4.78, 5) is 4.54. The van der Waals surface area contributed by atoms with Gasteiger partial charge in [-0.1, -0.05) is 182 Å². The average Bonchev–Trinajstić information content (AvgIpc) is 4.17. The van der Waals surface area contributed by atoms with Crippen molar-refractivity contribution in [2.24, 2.45) is 0 Å². The van der Waals surface area contributed by atoms with Crippen LogP contribution in [0, 0.1) is 0 Å². The molecule has 11 aromatic carbocycles. The molecule has 0 aliphatic carbocycles. The van der Waals surface area contributed by atoms with Gasteiger partial charge in [0.05, 0.1) is 47.2 Å². The molecule has 0 amide bonds. The van der Waals surface area contributed by atoms with E-state index >= 15 is 0 Å². The first-order valence-corrected chi connectivity index (χ1v) is 24.0. The molecule has 4 aromatic heterocycles. The fourth-order valence-corrected chi connectivity index (χ4v) is 11.9. The minimum Gasteiger partial charge on any atom is -0.310 e. The Morgan fingerprint density at radius 1 is 0.271 bits per heavy atom. The van der Waals surface area contributed by atoms with Gasteiger partial charge in [-0.05, 0) is 83.9 Å². The summed E-state index contributed by atoms with van der Waals surface area (Å²) in [7, 11) is 0. The SMILES string of the molecule is [2H]c1ccccc1N(c1ccccc1)c1ccc2c3c(-c4ccccc4)c4c(c(-c5ccccc5)c3n3c5ccccc5c1c23)c1ccc(N(c2ccccc2)c2ccccc2[2H])c2c3ccccc3n4c12. The molecule has 70 heavy (non-hydrogen) atoms. The summed E-state index contributed by atoms with van der Waals surface area (Å²) in [6.45, 7) is 0. The van der Waals surface area contributed by atoms with Crippen LogP contribution in [-0.4, -0.2) is 8.80 Å². The Hall–Kier alpha value is -9.38. The molecule has 0 atom stereocenters. The van der Waals surface area contributed by atoms with Gasteiger partial charge in [0.1, 0.15) is 0 Å². The molecule has 0 unspecified atom stereocenters. The van der Waals surface area contributed by atoms with Crippen LogP contribution in [0.1, 0.15) is 2.74 Å². The topological polar surface area (TPSA) is 15.3 Å². The van der Waals surface area contributed by atoms with Crippen molar-refractivity contribution in [2.45, 2.75) is 0 Å². The summed E-state index contributed by atoms with van der Waals surface area (Å²) < 4.78 is 23.7. The number of rotatable bonds is 8. The van der Waals surface area contributed by atoms with Gasteiger partial charge < -0.3 is 18.6 Å². The Bertz CT molecular complexity index is 4290. The van der Waals surface area contributed by atoms with E-state index in [1.807, 2.05) is 36.4 Å². The van der Waals surface area contributed by atoms with Gasteiger partial charge in [-0.3, -0.25) is 0 Å². The summed E-state index contributed by atoms with van der Waals surface area (Å²) in [6.07, 6.45) is 0. The zero-order chi connectivity index (χ0) is 47.6. The molecule has 15 aromatic rings. The summed E-state index contributed by atoms with van der Waals surface area (Å²) in [5.41, 5.74) is 17.1. The Morgan fingerprint density at radius 3 is 1.01 bits per heavy atom. The highest BCUT2D eigenvalue weighted by molar-refractivity contribution is 6.39. The van der Waals surface area contributed by atoms with Crippen LogP contribution in [0.2, 0.25) is 0 Å². The maximum absolute atomic E-state index is 9.28. The second-order valence-electron chi connectivity index (χ2n) is 18.2. The highest BCUT2D eigenvalue weighted by atomic mass is 15.2. The molecule has 0 bridgehead atoms. The van der Waals surface area contributed by atoms with Crippen LogP contribution >= 0.6 is 0 Å². The van der Waals surface area contributed by atoms with Crippen molar-refractivity contribution >= 4 is 110 Å². The van der Waals surface area contributed by atoms with Gasteiger partial charge in [-0.15, -0.1) is 0 Å². The van der Waals surface area contributed by atoms with Gasteiger partial charge in [-0.25, -0.2) is 0 Å². The Balaban J connectivity index is 1.18. The fraction of sp³-hybridized carbons (Fsp3) is 0. The molecule has 0 saturated heterocycles. The van der Waals surface area contributed by atoms with E-state index in [2.05, 4.69) is 225 Å². The van der Waals surface area contributed by atoms with E-state index in [-0.39, 0.29) is 0 Å². The van der Waals surface area contributed by atoms with E-state index in [1.165, 1.54) is 21.9 Å². The Kier molecular flexibility index (Phi) is 7.90. The van der Waals surface area contributed by atoms with Gasteiger partial charge in [0.15, 0.2) is 0 Å². The standard InChI is InChI=1S/C66H42N4/c1-7-23-43(24-8-1)57-61-51-39-41-55(67(45-27-11-3-12-28-45)46-29-13-4-14-30-46)59-50-36-20-22-38-54(50)70(63(51)59)66(61)58(44-25-9-2-10-26-44)62-52-40-42-56(60-49-35-19-21-37-53(49)69(64(52)60)65(57)62)68(47-31-15-5-16-32-47)48-33-17-6-18-34-48/h1-42H/i27D,31D. The zero-order valence-electron chi connectivity index (χ0n) is 39.9. The van der Waals surface area contributed by atoms with Crippen molar-refractivity contribution in [3.8, 4) is 22.3 Å². The monoisotopic (exact) mass is 892 g/mol. The maximum Gasteiger partial charge on any atom is 0.0645 e. The molecule has 4 heteroatoms. The minimum atomic E-state index is 0.456. The predicted molar refractivity (Wildman–Crippen MR) is 296 cm³/mol. The number of para-hydroxylation sites is 6. The van der Waals surface area contributed by atoms with Crippen molar-refractivity contribution in [2.75, 3.05) is 9.80 Å². The number of nitrogens with zero attached hydrogens (tertiary/aromatic N) is 4. The van der Waals surface area contributed by atoms with Crippen molar-refractivity contribution < 1.29 is 2.74 Å². The van der Waals surface area contributed by atoms with Crippen LogP contribution < -0.4 is 9.80 Å². The van der Waals surface area contributed by atoms with Crippen LogP contribution in [0.3, 0.4) is 0 Å². The number of benzene rings is 11. The van der Waals surface area contributed by atoms with E-state index in [1.54, 1.807) is 0 Å². The van der Waals surface area contributed by atoms with Crippen molar-refractivity contribution in [1.82, 2.24) is 8.80 Å².